The average Bonchev–Trinajstić information content (AvgIpc) is 2.88. The molecule has 0 spiro atoms. The molecule has 0 bridgehead atoms. The van der Waals surface area contributed by atoms with Crippen LogP contribution in [-0.2, 0) is 11.3 Å². The third kappa shape index (κ3) is 3.19. The molecule has 0 aliphatic rings. The highest BCUT2D eigenvalue weighted by atomic mass is 79.9. The van der Waals surface area contributed by atoms with Gasteiger partial charge in [0.25, 0.3) is 0 Å². The van der Waals surface area contributed by atoms with Crippen molar-refractivity contribution in [2.24, 2.45) is 0 Å². The number of rotatable bonds is 3. The van der Waals surface area contributed by atoms with E-state index in [-0.39, 0.29) is 12.4 Å². The number of pyridine rings is 1. The van der Waals surface area contributed by atoms with Gasteiger partial charge in [0, 0.05) is 16.7 Å². The van der Waals surface area contributed by atoms with Crippen molar-refractivity contribution in [3.05, 3.63) is 52.6 Å². The monoisotopic (exact) mass is 347 g/mol. The van der Waals surface area contributed by atoms with E-state index in [4.69, 9.17) is 9.26 Å². The van der Waals surface area contributed by atoms with E-state index in [1.54, 1.807) is 12.3 Å². The SMILES string of the molecule is O=C(Nc1noc2cc(Br)cnc12)OCc1ccccc1. The average molecular weight is 348 g/mol. The molecule has 3 aromatic rings. The number of hydrogen-bond donors (Lipinski definition) is 1. The predicted octanol–water partition coefficient (Wildman–Crippen LogP) is 3.73. The molecule has 0 atom stereocenters. The second-order valence-electron chi connectivity index (χ2n) is 4.22. The Morgan fingerprint density at radius 3 is 2.95 bits per heavy atom. The lowest BCUT2D eigenvalue weighted by Gasteiger charge is -2.04. The number of carbonyl (C=O) groups is 1. The van der Waals surface area contributed by atoms with Gasteiger partial charge in [0.15, 0.2) is 11.1 Å². The molecule has 0 radical (unpaired) electrons. The van der Waals surface area contributed by atoms with Gasteiger partial charge in [0.05, 0.1) is 0 Å². The standard InChI is InChI=1S/C14H10BrN3O3/c15-10-6-11-12(16-7-10)13(18-21-11)17-14(19)20-8-9-4-2-1-3-5-9/h1-7H,8H2,(H,17,18,19). The Labute approximate surface area is 128 Å². The van der Waals surface area contributed by atoms with Crippen molar-refractivity contribution in [1.29, 1.82) is 0 Å². The summed E-state index contributed by atoms with van der Waals surface area (Å²) in [6, 6.07) is 11.1. The van der Waals surface area contributed by atoms with Crippen molar-refractivity contribution in [3.8, 4) is 0 Å². The van der Waals surface area contributed by atoms with Crippen molar-refractivity contribution in [2.75, 3.05) is 5.32 Å². The Hall–Kier alpha value is -2.41. The van der Waals surface area contributed by atoms with Crippen molar-refractivity contribution in [3.63, 3.8) is 0 Å². The van der Waals surface area contributed by atoms with Crippen LogP contribution in [0.4, 0.5) is 10.6 Å². The second-order valence-corrected chi connectivity index (χ2v) is 5.13. The van der Waals surface area contributed by atoms with Crippen LogP contribution in [0.25, 0.3) is 11.1 Å². The molecule has 3 rings (SSSR count). The third-order valence-electron chi connectivity index (χ3n) is 2.71. The smallest absolute Gasteiger partial charge is 0.413 e. The highest BCUT2D eigenvalue weighted by molar-refractivity contribution is 9.10. The van der Waals surface area contributed by atoms with Crippen LogP contribution in [0.1, 0.15) is 5.56 Å². The Morgan fingerprint density at radius 2 is 2.14 bits per heavy atom. The first-order valence-corrected chi connectivity index (χ1v) is 6.90. The van der Waals surface area contributed by atoms with E-state index < -0.39 is 6.09 Å². The number of halogens is 1. The normalized spacial score (nSPS) is 10.5. The van der Waals surface area contributed by atoms with Crippen LogP contribution in [-0.4, -0.2) is 16.2 Å². The first-order valence-electron chi connectivity index (χ1n) is 6.11. The lowest BCUT2D eigenvalue weighted by atomic mass is 10.2. The summed E-state index contributed by atoms with van der Waals surface area (Å²) >= 11 is 3.28. The van der Waals surface area contributed by atoms with Gasteiger partial charge in [-0.3, -0.25) is 5.32 Å². The topological polar surface area (TPSA) is 77.3 Å². The lowest BCUT2D eigenvalue weighted by molar-refractivity contribution is 0.155. The summed E-state index contributed by atoms with van der Waals surface area (Å²) in [6.07, 6.45) is 0.985. The summed E-state index contributed by atoms with van der Waals surface area (Å²) in [7, 11) is 0. The second kappa shape index (κ2) is 5.92. The minimum atomic E-state index is -0.612. The fraction of sp³-hybridized carbons (Fsp3) is 0.0714. The summed E-state index contributed by atoms with van der Waals surface area (Å²) in [6.45, 7) is 0.182. The molecule has 2 aromatic heterocycles. The number of ether oxygens (including phenoxy) is 1. The molecule has 0 unspecified atom stereocenters. The molecule has 2 heterocycles. The maximum Gasteiger partial charge on any atom is 0.413 e. The van der Waals surface area contributed by atoms with E-state index in [9.17, 15) is 4.79 Å². The number of nitrogens with one attached hydrogen (secondary N) is 1. The first-order chi connectivity index (χ1) is 10.2. The van der Waals surface area contributed by atoms with Crippen molar-refractivity contribution >= 4 is 38.9 Å². The summed E-state index contributed by atoms with van der Waals surface area (Å²) in [5, 5.41) is 6.27. The van der Waals surface area contributed by atoms with Crippen molar-refractivity contribution in [2.45, 2.75) is 6.61 Å². The highest BCUT2D eigenvalue weighted by Crippen LogP contribution is 2.23. The predicted molar refractivity (Wildman–Crippen MR) is 79.8 cm³/mol. The van der Waals surface area contributed by atoms with E-state index in [2.05, 4.69) is 31.4 Å². The quantitative estimate of drug-likeness (QED) is 0.780. The Bertz CT molecular complexity index is 773. The van der Waals surface area contributed by atoms with Gasteiger partial charge in [-0.1, -0.05) is 35.5 Å². The highest BCUT2D eigenvalue weighted by Gasteiger charge is 2.13. The molecule has 0 fully saturated rings. The maximum absolute atomic E-state index is 11.7. The van der Waals surface area contributed by atoms with Crippen molar-refractivity contribution in [1.82, 2.24) is 10.1 Å². The van der Waals surface area contributed by atoms with E-state index in [1.165, 1.54) is 0 Å². The van der Waals surface area contributed by atoms with Crippen LogP contribution in [0.5, 0.6) is 0 Å². The maximum atomic E-state index is 11.7. The van der Waals surface area contributed by atoms with Gasteiger partial charge in [-0.15, -0.1) is 0 Å². The molecule has 7 heteroatoms. The molecular weight excluding hydrogens is 338 g/mol. The van der Waals surface area contributed by atoms with E-state index in [0.29, 0.717) is 11.1 Å². The molecule has 0 aliphatic carbocycles. The van der Waals surface area contributed by atoms with Gasteiger partial charge < -0.3 is 9.26 Å². The zero-order valence-corrected chi connectivity index (χ0v) is 12.3. The number of hydrogen-bond acceptors (Lipinski definition) is 5. The van der Waals surface area contributed by atoms with E-state index in [1.807, 2.05) is 30.3 Å². The van der Waals surface area contributed by atoms with Crippen LogP contribution >= 0.6 is 15.9 Å². The summed E-state index contributed by atoms with van der Waals surface area (Å²) in [5.74, 6) is 0.232. The van der Waals surface area contributed by atoms with Gasteiger partial charge >= 0.3 is 6.09 Å². The van der Waals surface area contributed by atoms with Crippen LogP contribution in [0.2, 0.25) is 0 Å². The fourth-order valence-electron chi connectivity index (χ4n) is 1.74. The zero-order valence-electron chi connectivity index (χ0n) is 10.7. The van der Waals surface area contributed by atoms with Gasteiger partial charge in [-0.25, -0.2) is 9.78 Å². The number of nitrogens with zero attached hydrogens (tertiary/aromatic N) is 2. The minimum absolute atomic E-state index is 0.182. The third-order valence-corrected chi connectivity index (χ3v) is 3.15. The summed E-state index contributed by atoms with van der Waals surface area (Å²) in [4.78, 5) is 15.9. The Morgan fingerprint density at radius 1 is 1.33 bits per heavy atom. The van der Waals surface area contributed by atoms with E-state index >= 15 is 0 Å². The Kier molecular flexibility index (Phi) is 3.83. The lowest BCUT2D eigenvalue weighted by Crippen LogP contribution is -2.14. The molecule has 0 saturated carbocycles. The van der Waals surface area contributed by atoms with Crippen LogP contribution in [0.15, 0.2) is 51.6 Å². The molecule has 106 valence electrons. The number of benzene rings is 1. The molecule has 21 heavy (non-hydrogen) atoms. The van der Waals surface area contributed by atoms with Gasteiger partial charge in [0.1, 0.15) is 6.61 Å². The van der Waals surface area contributed by atoms with Crippen LogP contribution in [0, 0.1) is 0 Å². The number of fused-ring (bicyclic) bond motifs is 1. The molecule has 1 amide bonds. The van der Waals surface area contributed by atoms with E-state index in [0.717, 1.165) is 10.0 Å². The van der Waals surface area contributed by atoms with Gasteiger partial charge in [0.2, 0.25) is 5.82 Å². The summed E-state index contributed by atoms with van der Waals surface area (Å²) < 4.78 is 11.0. The fourth-order valence-corrected chi connectivity index (χ4v) is 2.05. The number of carbonyl (C=O) groups excluding carboxylic acids is 1. The molecule has 1 aromatic carbocycles. The Balaban J connectivity index is 1.66. The van der Waals surface area contributed by atoms with Gasteiger partial charge in [-0.2, -0.15) is 0 Å². The molecular formula is C14H10BrN3O3. The molecule has 0 aliphatic heterocycles. The number of aromatic nitrogens is 2. The van der Waals surface area contributed by atoms with Gasteiger partial charge in [-0.05, 0) is 21.5 Å². The van der Waals surface area contributed by atoms with Crippen LogP contribution in [0.3, 0.4) is 0 Å². The summed E-state index contributed by atoms with van der Waals surface area (Å²) in [5.41, 5.74) is 1.84. The molecule has 1 N–H and O–H groups in total. The zero-order chi connectivity index (χ0) is 14.7. The largest absolute Gasteiger partial charge is 0.444 e. The van der Waals surface area contributed by atoms with Crippen molar-refractivity contribution < 1.29 is 14.1 Å². The van der Waals surface area contributed by atoms with Crippen LogP contribution < -0.4 is 5.32 Å². The molecule has 0 saturated heterocycles. The first kappa shape index (κ1) is 13.6. The molecule has 6 nitrogen and oxygen atoms in total. The minimum Gasteiger partial charge on any atom is -0.444 e. The number of anilines is 1. The number of amides is 1.